The van der Waals surface area contributed by atoms with Crippen molar-refractivity contribution < 1.29 is 18.5 Å². The first-order valence-corrected chi connectivity index (χ1v) is 7.61. The van der Waals surface area contributed by atoms with Crippen LogP contribution in [-0.2, 0) is 11.3 Å². The first-order chi connectivity index (χ1) is 10.9. The van der Waals surface area contributed by atoms with Crippen molar-refractivity contribution in [3.05, 3.63) is 63.6 Å². The van der Waals surface area contributed by atoms with Gasteiger partial charge in [0.2, 0.25) is 0 Å². The molecule has 0 bridgehead atoms. The van der Waals surface area contributed by atoms with Crippen LogP contribution in [0.15, 0.2) is 36.4 Å². The Morgan fingerprint density at radius 1 is 1.22 bits per heavy atom. The van der Waals surface area contributed by atoms with Crippen LogP contribution < -0.4 is 10.2 Å². The highest BCUT2D eigenvalue weighted by atomic mass is 35.5. The molecule has 0 aliphatic rings. The maximum absolute atomic E-state index is 13.5. The fourth-order valence-electron chi connectivity index (χ4n) is 2.13. The molecule has 0 radical (unpaired) electrons. The minimum Gasteiger partial charge on any atom is -0.326 e. The van der Waals surface area contributed by atoms with Crippen LogP contribution in [0.25, 0.3) is 0 Å². The lowest BCUT2D eigenvalue weighted by molar-refractivity contribution is -0.885. The molecule has 0 saturated heterocycles. The maximum Gasteiger partial charge on any atom is 0.279 e. The van der Waals surface area contributed by atoms with Crippen LogP contribution >= 0.6 is 23.2 Å². The highest BCUT2D eigenvalue weighted by Crippen LogP contribution is 2.24. The molecule has 1 amide bonds. The molecular formula is C16H15Cl2F2N2O+. The minimum absolute atomic E-state index is 0.0509. The molecule has 2 rings (SSSR count). The fraction of sp³-hybridized carbons (Fsp3) is 0.188. The van der Waals surface area contributed by atoms with Crippen LogP contribution in [0.4, 0.5) is 14.5 Å². The Labute approximate surface area is 142 Å². The first kappa shape index (κ1) is 17.7. The molecule has 122 valence electrons. The number of nitrogens with one attached hydrogen (secondary N) is 2. The molecule has 0 spiro atoms. The molecule has 0 saturated carbocycles. The molecule has 0 heterocycles. The summed E-state index contributed by atoms with van der Waals surface area (Å²) in [5, 5.41) is 3.33. The van der Waals surface area contributed by atoms with Crippen LogP contribution in [0, 0.1) is 11.6 Å². The Hall–Kier alpha value is -1.69. The lowest BCUT2D eigenvalue weighted by Gasteiger charge is -2.15. The van der Waals surface area contributed by atoms with E-state index in [4.69, 9.17) is 23.2 Å². The number of carbonyl (C=O) groups is 1. The van der Waals surface area contributed by atoms with E-state index in [1.165, 1.54) is 6.07 Å². The van der Waals surface area contributed by atoms with Gasteiger partial charge in [-0.15, -0.1) is 0 Å². The number of amides is 1. The van der Waals surface area contributed by atoms with Gasteiger partial charge in [-0.2, -0.15) is 0 Å². The monoisotopic (exact) mass is 359 g/mol. The van der Waals surface area contributed by atoms with Crippen LogP contribution in [0.3, 0.4) is 0 Å². The summed E-state index contributed by atoms with van der Waals surface area (Å²) in [5.41, 5.74) is 0.766. The summed E-state index contributed by atoms with van der Waals surface area (Å²) < 4.78 is 26.3. The van der Waals surface area contributed by atoms with Crippen molar-refractivity contribution in [2.75, 3.05) is 18.9 Å². The van der Waals surface area contributed by atoms with Gasteiger partial charge in [0.05, 0.1) is 22.8 Å². The largest absolute Gasteiger partial charge is 0.326 e. The van der Waals surface area contributed by atoms with E-state index in [0.29, 0.717) is 16.6 Å². The van der Waals surface area contributed by atoms with E-state index < -0.39 is 11.6 Å². The Balaban J connectivity index is 1.95. The van der Waals surface area contributed by atoms with Crippen molar-refractivity contribution in [2.45, 2.75) is 6.54 Å². The highest BCUT2D eigenvalue weighted by Gasteiger charge is 2.15. The zero-order chi connectivity index (χ0) is 17.0. The predicted octanol–water partition coefficient (Wildman–Crippen LogP) is 2.93. The van der Waals surface area contributed by atoms with E-state index in [2.05, 4.69) is 5.32 Å². The summed E-state index contributed by atoms with van der Waals surface area (Å²) in [4.78, 5) is 12.8. The normalized spacial score (nSPS) is 12.0. The first-order valence-electron chi connectivity index (χ1n) is 6.86. The lowest BCUT2D eigenvalue weighted by atomic mass is 10.2. The van der Waals surface area contributed by atoms with Gasteiger partial charge < -0.3 is 10.2 Å². The van der Waals surface area contributed by atoms with Gasteiger partial charge in [0.1, 0.15) is 18.2 Å². The minimum atomic E-state index is -0.811. The van der Waals surface area contributed by atoms with Crippen molar-refractivity contribution in [1.29, 1.82) is 0 Å². The van der Waals surface area contributed by atoms with Gasteiger partial charge in [0.25, 0.3) is 5.91 Å². The van der Waals surface area contributed by atoms with Gasteiger partial charge in [0.15, 0.2) is 6.54 Å². The van der Waals surface area contributed by atoms with Crippen molar-refractivity contribution in [2.24, 2.45) is 0 Å². The Morgan fingerprint density at radius 3 is 2.65 bits per heavy atom. The third-order valence-electron chi connectivity index (χ3n) is 3.19. The summed E-state index contributed by atoms with van der Waals surface area (Å²) in [6.45, 7) is 0.582. The standard InChI is InChI=1S/C16H14Cl2F2N2O/c1-22(8-10-3-2-4-12(17)16(10)18)9-15(23)21-14-6-5-11(19)7-13(14)20/h2-7H,8-9H2,1H3,(H,21,23)/p+1. The Bertz CT molecular complexity index is 725. The van der Waals surface area contributed by atoms with E-state index in [0.717, 1.165) is 22.6 Å². The molecular weight excluding hydrogens is 345 g/mol. The quantitative estimate of drug-likeness (QED) is 0.845. The molecule has 0 aliphatic heterocycles. The average Bonchev–Trinajstić information content (AvgIpc) is 2.47. The maximum atomic E-state index is 13.5. The van der Waals surface area contributed by atoms with E-state index >= 15 is 0 Å². The van der Waals surface area contributed by atoms with Gasteiger partial charge in [-0.05, 0) is 18.2 Å². The molecule has 3 nitrogen and oxygen atoms in total. The van der Waals surface area contributed by atoms with Crippen LogP contribution in [0.2, 0.25) is 10.0 Å². The number of quaternary nitrogens is 1. The molecule has 0 fully saturated rings. The summed E-state index contributed by atoms with van der Waals surface area (Å²) in [6, 6.07) is 8.29. The van der Waals surface area contributed by atoms with E-state index in [1.54, 1.807) is 19.2 Å². The number of hydrogen-bond acceptors (Lipinski definition) is 1. The number of likely N-dealkylation sites (N-methyl/N-ethyl adjacent to an activating group) is 1. The predicted molar refractivity (Wildman–Crippen MR) is 86.9 cm³/mol. The molecule has 0 aliphatic carbocycles. The van der Waals surface area contributed by atoms with Crippen molar-refractivity contribution in [3.8, 4) is 0 Å². The summed E-state index contributed by atoms with van der Waals surface area (Å²) >= 11 is 12.1. The lowest BCUT2D eigenvalue weighted by Crippen LogP contribution is -3.08. The van der Waals surface area contributed by atoms with Gasteiger partial charge in [-0.3, -0.25) is 4.79 Å². The highest BCUT2D eigenvalue weighted by molar-refractivity contribution is 6.42. The van der Waals surface area contributed by atoms with E-state index in [9.17, 15) is 13.6 Å². The smallest absolute Gasteiger partial charge is 0.279 e. The number of carbonyl (C=O) groups excluding carboxylic acids is 1. The zero-order valence-corrected chi connectivity index (χ0v) is 13.8. The van der Waals surface area contributed by atoms with Crippen molar-refractivity contribution in [3.63, 3.8) is 0 Å². The van der Waals surface area contributed by atoms with Gasteiger partial charge >= 0.3 is 0 Å². The number of rotatable bonds is 5. The van der Waals surface area contributed by atoms with E-state index in [-0.39, 0.29) is 18.1 Å². The molecule has 2 aromatic carbocycles. The van der Waals surface area contributed by atoms with Crippen molar-refractivity contribution >= 4 is 34.8 Å². The van der Waals surface area contributed by atoms with Gasteiger partial charge in [0, 0.05) is 11.6 Å². The number of anilines is 1. The third-order valence-corrected chi connectivity index (χ3v) is 4.05. The molecule has 1 atom stereocenters. The Kier molecular flexibility index (Phi) is 5.93. The topological polar surface area (TPSA) is 33.5 Å². The van der Waals surface area contributed by atoms with Crippen molar-refractivity contribution in [1.82, 2.24) is 0 Å². The summed E-state index contributed by atoms with van der Waals surface area (Å²) in [5.74, 6) is -1.89. The number of halogens is 4. The number of benzene rings is 2. The molecule has 7 heteroatoms. The summed E-state index contributed by atoms with van der Waals surface area (Å²) in [7, 11) is 1.80. The van der Waals surface area contributed by atoms with E-state index in [1.807, 2.05) is 6.07 Å². The SMILES string of the molecule is C[NH+](CC(=O)Nc1ccc(F)cc1F)Cc1cccc(Cl)c1Cl. The second-order valence-corrected chi connectivity index (χ2v) is 5.98. The molecule has 0 aromatic heterocycles. The fourth-order valence-corrected chi connectivity index (χ4v) is 2.52. The molecule has 2 aromatic rings. The third kappa shape index (κ3) is 4.89. The van der Waals surface area contributed by atoms with Gasteiger partial charge in [-0.1, -0.05) is 35.3 Å². The molecule has 23 heavy (non-hydrogen) atoms. The van der Waals surface area contributed by atoms with Crippen LogP contribution in [0.1, 0.15) is 5.56 Å². The van der Waals surface area contributed by atoms with Crippen LogP contribution in [0.5, 0.6) is 0 Å². The second kappa shape index (κ2) is 7.73. The molecule has 2 N–H and O–H groups in total. The number of hydrogen-bond donors (Lipinski definition) is 2. The van der Waals surface area contributed by atoms with Gasteiger partial charge in [-0.25, -0.2) is 8.78 Å². The second-order valence-electron chi connectivity index (χ2n) is 5.20. The zero-order valence-electron chi connectivity index (χ0n) is 12.3. The summed E-state index contributed by atoms with van der Waals surface area (Å²) in [6.07, 6.45) is 0. The molecule has 1 unspecified atom stereocenters. The van der Waals surface area contributed by atoms with Crippen LogP contribution in [-0.4, -0.2) is 19.5 Å². The average molecular weight is 360 g/mol. The Morgan fingerprint density at radius 2 is 1.96 bits per heavy atom.